The SMILES string of the molecule is Nc1cc(C(=O)NCc2cccnn2)c2ccccc2n1. The van der Waals surface area contributed by atoms with E-state index in [4.69, 9.17) is 5.73 Å². The molecule has 6 nitrogen and oxygen atoms in total. The smallest absolute Gasteiger partial charge is 0.252 e. The van der Waals surface area contributed by atoms with Gasteiger partial charge in [-0.05, 0) is 24.3 Å². The number of carbonyl (C=O) groups excluding carboxylic acids is 1. The van der Waals surface area contributed by atoms with E-state index in [9.17, 15) is 4.79 Å². The van der Waals surface area contributed by atoms with Crippen LogP contribution in [0.1, 0.15) is 16.1 Å². The maximum atomic E-state index is 12.3. The van der Waals surface area contributed by atoms with Gasteiger partial charge in [-0.15, -0.1) is 0 Å². The molecule has 0 saturated heterocycles. The number of hydrogen-bond acceptors (Lipinski definition) is 5. The van der Waals surface area contributed by atoms with Crippen LogP contribution in [-0.2, 0) is 6.54 Å². The summed E-state index contributed by atoms with van der Waals surface area (Å²) in [6.45, 7) is 0.309. The number of benzene rings is 1. The highest BCUT2D eigenvalue weighted by Crippen LogP contribution is 2.19. The number of rotatable bonds is 3. The largest absolute Gasteiger partial charge is 0.384 e. The molecule has 0 saturated carbocycles. The Bertz CT molecular complexity index is 788. The number of anilines is 1. The molecule has 3 N–H and O–H groups in total. The molecule has 2 heterocycles. The zero-order valence-corrected chi connectivity index (χ0v) is 11.2. The number of nitrogens with zero attached hydrogens (tertiary/aromatic N) is 3. The highest BCUT2D eigenvalue weighted by molar-refractivity contribution is 6.06. The summed E-state index contributed by atoms with van der Waals surface area (Å²) in [7, 11) is 0. The van der Waals surface area contributed by atoms with Crippen molar-refractivity contribution in [3.63, 3.8) is 0 Å². The van der Waals surface area contributed by atoms with Crippen molar-refractivity contribution in [1.29, 1.82) is 0 Å². The molecular weight excluding hydrogens is 266 g/mol. The van der Waals surface area contributed by atoms with Crippen molar-refractivity contribution in [3.8, 4) is 0 Å². The van der Waals surface area contributed by atoms with Gasteiger partial charge in [-0.3, -0.25) is 4.79 Å². The lowest BCUT2D eigenvalue weighted by Crippen LogP contribution is -2.24. The molecule has 0 spiro atoms. The molecule has 0 radical (unpaired) electrons. The van der Waals surface area contributed by atoms with Crippen molar-refractivity contribution in [1.82, 2.24) is 20.5 Å². The molecule has 0 aliphatic carbocycles. The number of nitrogens with one attached hydrogen (secondary N) is 1. The van der Waals surface area contributed by atoms with Crippen LogP contribution in [0.2, 0.25) is 0 Å². The van der Waals surface area contributed by atoms with Crippen LogP contribution >= 0.6 is 0 Å². The Morgan fingerprint density at radius 1 is 1.19 bits per heavy atom. The molecule has 2 aromatic heterocycles. The fourth-order valence-corrected chi connectivity index (χ4v) is 2.08. The molecule has 3 rings (SSSR count). The van der Waals surface area contributed by atoms with E-state index in [0.29, 0.717) is 29.1 Å². The maximum Gasteiger partial charge on any atom is 0.252 e. The average Bonchev–Trinajstić information content (AvgIpc) is 2.52. The Morgan fingerprint density at radius 3 is 2.86 bits per heavy atom. The van der Waals surface area contributed by atoms with E-state index < -0.39 is 0 Å². The number of pyridine rings is 1. The lowest BCUT2D eigenvalue weighted by Gasteiger charge is -2.08. The number of nitrogen functional groups attached to an aromatic ring is 1. The van der Waals surface area contributed by atoms with Gasteiger partial charge in [-0.1, -0.05) is 18.2 Å². The summed E-state index contributed by atoms with van der Waals surface area (Å²) < 4.78 is 0. The Kier molecular flexibility index (Phi) is 3.42. The third-order valence-corrected chi connectivity index (χ3v) is 3.04. The topological polar surface area (TPSA) is 93.8 Å². The van der Waals surface area contributed by atoms with Gasteiger partial charge >= 0.3 is 0 Å². The van der Waals surface area contributed by atoms with Crippen molar-refractivity contribution in [3.05, 3.63) is 59.9 Å². The van der Waals surface area contributed by atoms with Gasteiger partial charge in [0.2, 0.25) is 0 Å². The molecule has 0 bridgehead atoms. The van der Waals surface area contributed by atoms with Gasteiger partial charge in [0.15, 0.2) is 0 Å². The first-order chi connectivity index (χ1) is 10.2. The molecule has 3 aromatic rings. The standard InChI is InChI=1S/C15H13N5O/c16-14-8-12(11-5-1-2-6-13(11)19-14)15(21)17-9-10-4-3-7-18-20-10/h1-8H,9H2,(H2,16,19)(H,17,21). The number of amides is 1. The molecule has 0 aliphatic heterocycles. The monoisotopic (exact) mass is 279 g/mol. The molecular formula is C15H13N5O. The number of hydrogen-bond donors (Lipinski definition) is 2. The quantitative estimate of drug-likeness (QED) is 0.758. The highest BCUT2D eigenvalue weighted by Gasteiger charge is 2.12. The normalized spacial score (nSPS) is 10.5. The van der Waals surface area contributed by atoms with Crippen molar-refractivity contribution >= 4 is 22.6 Å². The van der Waals surface area contributed by atoms with E-state index in [2.05, 4.69) is 20.5 Å². The maximum absolute atomic E-state index is 12.3. The summed E-state index contributed by atoms with van der Waals surface area (Å²) in [6, 6.07) is 12.5. The van der Waals surface area contributed by atoms with Crippen LogP contribution in [0.3, 0.4) is 0 Å². The van der Waals surface area contributed by atoms with Crippen molar-refractivity contribution in [2.45, 2.75) is 6.54 Å². The second kappa shape index (κ2) is 5.54. The number of nitrogens with two attached hydrogens (primary N) is 1. The van der Waals surface area contributed by atoms with E-state index in [1.807, 2.05) is 24.3 Å². The zero-order valence-electron chi connectivity index (χ0n) is 11.2. The second-order valence-corrected chi connectivity index (χ2v) is 4.51. The van der Waals surface area contributed by atoms with Gasteiger partial charge in [0.1, 0.15) is 5.82 Å². The second-order valence-electron chi connectivity index (χ2n) is 4.51. The van der Waals surface area contributed by atoms with Crippen LogP contribution in [0.25, 0.3) is 10.9 Å². The van der Waals surface area contributed by atoms with Gasteiger partial charge < -0.3 is 11.1 Å². The first kappa shape index (κ1) is 13.0. The number of fused-ring (bicyclic) bond motifs is 1. The Labute approximate surface area is 121 Å². The summed E-state index contributed by atoms with van der Waals surface area (Å²) in [5.41, 5.74) is 7.65. The fourth-order valence-electron chi connectivity index (χ4n) is 2.08. The Morgan fingerprint density at radius 2 is 2.05 bits per heavy atom. The van der Waals surface area contributed by atoms with Crippen LogP contribution in [0, 0.1) is 0 Å². The summed E-state index contributed by atoms with van der Waals surface area (Å²) in [6.07, 6.45) is 1.59. The van der Waals surface area contributed by atoms with E-state index in [1.165, 1.54) is 0 Å². The highest BCUT2D eigenvalue weighted by atomic mass is 16.1. The molecule has 21 heavy (non-hydrogen) atoms. The summed E-state index contributed by atoms with van der Waals surface area (Å²) >= 11 is 0. The van der Waals surface area contributed by atoms with Gasteiger partial charge in [0.25, 0.3) is 5.91 Å². The number of carbonyl (C=O) groups is 1. The zero-order chi connectivity index (χ0) is 14.7. The Balaban J connectivity index is 1.88. The van der Waals surface area contributed by atoms with E-state index in [1.54, 1.807) is 24.4 Å². The minimum atomic E-state index is -0.217. The first-order valence-electron chi connectivity index (χ1n) is 6.44. The molecule has 0 aliphatic rings. The minimum absolute atomic E-state index is 0.217. The average molecular weight is 279 g/mol. The van der Waals surface area contributed by atoms with Crippen LogP contribution in [-0.4, -0.2) is 21.1 Å². The lowest BCUT2D eigenvalue weighted by atomic mass is 10.1. The molecule has 0 unspecified atom stereocenters. The summed E-state index contributed by atoms with van der Waals surface area (Å²) in [4.78, 5) is 16.6. The number of aromatic nitrogens is 3. The molecule has 104 valence electrons. The lowest BCUT2D eigenvalue weighted by molar-refractivity contribution is 0.0952. The van der Waals surface area contributed by atoms with Gasteiger partial charge in [-0.2, -0.15) is 10.2 Å². The van der Waals surface area contributed by atoms with Crippen LogP contribution < -0.4 is 11.1 Å². The molecule has 0 fully saturated rings. The van der Waals surface area contributed by atoms with Gasteiger partial charge in [0, 0.05) is 11.6 Å². The van der Waals surface area contributed by atoms with E-state index in [0.717, 1.165) is 5.39 Å². The summed E-state index contributed by atoms with van der Waals surface area (Å²) in [5.74, 6) is 0.101. The third kappa shape index (κ3) is 2.79. The Hall–Kier alpha value is -3.02. The van der Waals surface area contributed by atoms with E-state index >= 15 is 0 Å². The predicted octanol–water partition coefficient (Wildman–Crippen LogP) is 1.54. The molecule has 0 atom stereocenters. The van der Waals surface area contributed by atoms with Crippen molar-refractivity contribution in [2.75, 3.05) is 5.73 Å². The molecule has 1 aromatic carbocycles. The number of para-hydroxylation sites is 1. The first-order valence-corrected chi connectivity index (χ1v) is 6.44. The van der Waals surface area contributed by atoms with Crippen molar-refractivity contribution in [2.24, 2.45) is 0 Å². The minimum Gasteiger partial charge on any atom is -0.384 e. The van der Waals surface area contributed by atoms with Crippen molar-refractivity contribution < 1.29 is 4.79 Å². The predicted molar refractivity (Wildman–Crippen MR) is 79.4 cm³/mol. The van der Waals surface area contributed by atoms with Crippen LogP contribution in [0.4, 0.5) is 5.82 Å². The molecule has 1 amide bonds. The van der Waals surface area contributed by atoms with Crippen LogP contribution in [0.15, 0.2) is 48.7 Å². The van der Waals surface area contributed by atoms with Gasteiger partial charge in [-0.25, -0.2) is 4.98 Å². The van der Waals surface area contributed by atoms with Gasteiger partial charge in [0.05, 0.1) is 23.3 Å². The van der Waals surface area contributed by atoms with Crippen LogP contribution in [0.5, 0.6) is 0 Å². The van der Waals surface area contributed by atoms with E-state index in [-0.39, 0.29) is 5.91 Å². The summed E-state index contributed by atoms with van der Waals surface area (Å²) in [5, 5.41) is 11.3. The molecule has 6 heteroatoms. The third-order valence-electron chi connectivity index (χ3n) is 3.04. The fraction of sp³-hybridized carbons (Fsp3) is 0.0667.